The lowest BCUT2D eigenvalue weighted by Crippen LogP contribution is -2.30. The van der Waals surface area contributed by atoms with Crippen LogP contribution in [0.15, 0.2) is 48.0 Å². The van der Waals surface area contributed by atoms with E-state index in [4.69, 9.17) is 9.47 Å². The quantitative estimate of drug-likeness (QED) is 0.407. The molecule has 2 aliphatic heterocycles. The lowest BCUT2D eigenvalue weighted by Gasteiger charge is -2.25. The molecule has 168 valence electrons. The first-order valence-corrected chi connectivity index (χ1v) is 11.1. The summed E-state index contributed by atoms with van der Waals surface area (Å²) < 4.78 is 11.6. The molecule has 2 aromatic carbocycles. The summed E-state index contributed by atoms with van der Waals surface area (Å²) in [5, 5.41) is 11.2. The average Bonchev–Trinajstić information content (AvgIpc) is 3.24. The van der Waals surface area contributed by atoms with Crippen LogP contribution in [0.4, 0.5) is 0 Å². The predicted octanol–water partition coefficient (Wildman–Crippen LogP) is 4.63. The molecule has 1 N–H and O–H groups in total. The van der Waals surface area contributed by atoms with Crippen LogP contribution in [0.1, 0.15) is 56.8 Å². The van der Waals surface area contributed by atoms with Crippen molar-refractivity contribution < 1.29 is 24.2 Å². The van der Waals surface area contributed by atoms with E-state index < -0.39 is 17.7 Å². The summed E-state index contributed by atoms with van der Waals surface area (Å²) >= 11 is 0. The fourth-order valence-corrected chi connectivity index (χ4v) is 4.45. The molecule has 0 bridgehead atoms. The standard InChI is InChI=1S/C26H29NO5/c1-5-11-27-23(17-7-6-8-20(14-17)31-15(2)3)22(25(29)26(27)30)24(28)18-9-10-21-19(13-18)12-16(4)32-21/h6-10,13-16,23,28H,5,11-12H2,1-4H3/b24-22-. The summed E-state index contributed by atoms with van der Waals surface area (Å²) in [6.07, 6.45) is 1.49. The molecule has 0 aromatic heterocycles. The molecule has 6 nitrogen and oxygen atoms in total. The van der Waals surface area contributed by atoms with Gasteiger partial charge in [0.05, 0.1) is 17.7 Å². The molecule has 32 heavy (non-hydrogen) atoms. The first-order valence-electron chi connectivity index (χ1n) is 11.1. The maximum absolute atomic E-state index is 13.1. The van der Waals surface area contributed by atoms with Crippen LogP contribution in [0.3, 0.4) is 0 Å². The fourth-order valence-electron chi connectivity index (χ4n) is 4.45. The van der Waals surface area contributed by atoms with Crippen molar-refractivity contribution in [2.75, 3.05) is 6.54 Å². The van der Waals surface area contributed by atoms with Gasteiger partial charge in [-0.25, -0.2) is 0 Å². The number of fused-ring (bicyclic) bond motifs is 1. The summed E-state index contributed by atoms with van der Waals surface area (Å²) in [6.45, 7) is 8.23. The lowest BCUT2D eigenvalue weighted by molar-refractivity contribution is -0.139. The predicted molar refractivity (Wildman–Crippen MR) is 122 cm³/mol. The molecular weight excluding hydrogens is 406 g/mol. The number of Topliss-reactive ketones (excluding diaryl/α,β-unsaturated/α-hetero) is 1. The zero-order valence-electron chi connectivity index (χ0n) is 18.9. The number of likely N-dealkylation sites (tertiary alicyclic amines) is 1. The third kappa shape index (κ3) is 3.97. The highest BCUT2D eigenvalue weighted by Gasteiger charge is 2.45. The van der Waals surface area contributed by atoms with Gasteiger partial charge in [-0.3, -0.25) is 9.59 Å². The number of carbonyl (C=O) groups excluding carboxylic acids is 2. The zero-order valence-corrected chi connectivity index (χ0v) is 18.9. The largest absolute Gasteiger partial charge is 0.507 e. The van der Waals surface area contributed by atoms with Crippen LogP contribution in [0, 0.1) is 0 Å². The van der Waals surface area contributed by atoms with E-state index in [9.17, 15) is 14.7 Å². The van der Waals surface area contributed by atoms with Crippen molar-refractivity contribution in [2.45, 2.75) is 58.8 Å². The van der Waals surface area contributed by atoms with Crippen molar-refractivity contribution in [1.82, 2.24) is 4.90 Å². The second-order valence-corrected chi connectivity index (χ2v) is 8.69. The highest BCUT2D eigenvalue weighted by molar-refractivity contribution is 6.46. The van der Waals surface area contributed by atoms with E-state index in [1.807, 2.05) is 64.1 Å². The molecule has 2 unspecified atom stereocenters. The number of aliphatic hydroxyl groups excluding tert-OH is 1. The Balaban J connectivity index is 1.82. The van der Waals surface area contributed by atoms with E-state index in [0.717, 1.165) is 23.3 Å². The second-order valence-electron chi connectivity index (χ2n) is 8.69. The Kier molecular flexibility index (Phi) is 5.96. The highest BCUT2D eigenvalue weighted by atomic mass is 16.5. The van der Waals surface area contributed by atoms with E-state index >= 15 is 0 Å². The molecule has 2 heterocycles. The summed E-state index contributed by atoms with van der Waals surface area (Å²) in [5.74, 6) is 0.0243. The fraction of sp³-hybridized carbons (Fsp3) is 0.385. The Bertz CT molecular complexity index is 1090. The van der Waals surface area contributed by atoms with Gasteiger partial charge in [-0.15, -0.1) is 0 Å². The second kappa shape index (κ2) is 8.69. The molecule has 4 rings (SSSR count). The lowest BCUT2D eigenvalue weighted by atomic mass is 9.94. The van der Waals surface area contributed by atoms with Gasteiger partial charge in [0.25, 0.3) is 11.7 Å². The van der Waals surface area contributed by atoms with Gasteiger partial charge in [0, 0.05) is 18.5 Å². The summed E-state index contributed by atoms with van der Waals surface area (Å²) in [6, 6.07) is 12.1. The number of ether oxygens (including phenoxy) is 2. The van der Waals surface area contributed by atoms with Crippen molar-refractivity contribution in [2.24, 2.45) is 0 Å². The zero-order chi connectivity index (χ0) is 23.0. The summed E-state index contributed by atoms with van der Waals surface area (Å²) in [7, 11) is 0. The SMILES string of the molecule is CCCN1C(=O)C(=O)/C(=C(\O)c2ccc3c(c2)CC(C)O3)C1c1cccc(OC(C)C)c1. The Labute approximate surface area is 188 Å². The number of carbonyl (C=O) groups is 2. The number of benzene rings is 2. The van der Waals surface area contributed by atoms with Crippen LogP contribution in [0.5, 0.6) is 11.5 Å². The van der Waals surface area contributed by atoms with Crippen LogP contribution < -0.4 is 9.47 Å². The number of amides is 1. The summed E-state index contributed by atoms with van der Waals surface area (Å²) in [5.41, 5.74) is 2.33. The van der Waals surface area contributed by atoms with E-state index in [0.29, 0.717) is 24.3 Å². The van der Waals surface area contributed by atoms with Gasteiger partial charge in [0.2, 0.25) is 0 Å². The monoisotopic (exact) mass is 435 g/mol. The number of ketones is 1. The number of aliphatic hydroxyl groups is 1. The van der Waals surface area contributed by atoms with Crippen molar-refractivity contribution in [3.8, 4) is 11.5 Å². The molecule has 0 radical (unpaired) electrons. The molecule has 2 aromatic rings. The maximum atomic E-state index is 13.1. The van der Waals surface area contributed by atoms with Crippen LogP contribution in [-0.2, 0) is 16.0 Å². The molecule has 6 heteroatoms. The van der Waals surface area contributed by atoms with Gasteiger partial charge in [-0.05, 0) is 68.7 Å². The van der Waals surface area contributed by atoms with Crippen molar-refractivity contribution in [3.05, 3.63) is 64.7 Å². The first kappa shape index (κ1) is 21.9. The maximum Gasteiger partial charge on any atom is 0.295 e. The minimum atomic E-state index is -0.672. The number of rotatable bonds is 6. The minimum Gasteiger partial charge on any atom is -0.507 e. The van der Waals surface area contributed by atoms with Gasteiger partial charge in [-0.1, -0.05) is 19.1 Å². The Morgan fingerprint density at radius 2 is 2.00 bits per heavy atom. The minimum absolute atomic E-state index is 0.0109. The average molecular weight is 436 g/mol. The van der Waals surface area contributed by atoms with Crippen molar-refractivity contribution in [3.63, 3.8) is 0 Å². The van der Waals surface area contributed by atoms with Crippen LogP contribution >= 0.6 is 0 Å². The first-order chi connectivity index (χ1) is 15.3. The van der Waals surface area contributed by atoms with Crippen LogP contribution in [0.2, 0.25) is 0 Å². The highest BCUT2D eigenvalue weighted by Crippen LogP contribution is 2.41. The topological polar surface area (TPSA) is 76.1 Å². The number of hydrogen-bond donors (Lipinski definition) is 1. The molecule has 1 amide bonds. The Morgan fingerprint density at radius 1 is 1.22 bits per heavy atom. The van der Waals surface area contributed by atoms with Gasteiger partial charge in [0.15, 0.2) is 0 Å². The van der Waals surface area contributed by atoms with E-state index in [-0.39, 0.29) is 23.5 Å². The van der Waals surface area contributed by atoms with Gasteiger partial charge in [-0.2, -0.15) is 0 Å². The third-order valence-electron chi connectivity index (χ3n) is 5.72. The van der Waals surface area contributed by atoms with E-state index in [2.05, 4.69) is 0 Å². The Hall–Kier alpha value is -3.28. The molecule has 2 atom stereocenters. The van der Waals surface area contributed by atoms with Gasteiger partial charge in [0.1, 0.15) is 23.4 Å². The van der Waals surface area contributed by atoms with Crippen LogP contribution in [0.25, 0.3) is 5.76 Å². The normalized spacial score (nSPS) is 21.7. The molecule has 1 saturated heterocycles. The smallest absolute Gasteiger partial charge is 0.295 e. The number of hydrogen-bond acceptors (Lipinski definition) is 5. The number of nitrogens with zero attached hydrogens (tertiary/aromatic N) is 1. The molecule has 0 saturated carbocycles. The summed E-state index contributed by atoms with van der Waals surface area (Å²) in [4.78, 5) is 27.5. The third-order valence-corrected chi connectivity index (χ3v) is 5.72. The van der Waals surface area contributed by atoms with Crippen LogP contribution in [-0.4, -0.2) is 40.4 Å². The van der Waals surface area contributed by atoms with Crippen molar-refractivity contribution in [1.29, 1.82) is 0 Å². The van der Waals surface area contributed by atoms with Gasteiger partial charge < -0.3 is 19.5 Å². The molecular formula is C26H29NO5. The molecule has 0 aliphatic carbocycles. The van der Waals surface area contributed by atoms with E-state index in [1.165, 1.54) is 0 Å². The van der Waals surface area contributed by atoms with E-state index in [1.54, 1.807) is 11.0 Å². The Morgan fingerprint density at radius 3 is 2.72 bits per heavy atom. The molecule has 2 aliphatic rings. The molecule has 1 fully saturated rings. The van der Waals surface area contributed by atoms with Crippen molar-refractivity contribution >= 4 is 17.4 Å². The molecule has 0 spiro atoms. The van der Waals surface area contributed by atoms with Gasteiger partial charge >= 0.3 is 0 Å².